The highest BCUT2D eigenvalue weighted by Gasteiger charge is 2.03. The molecule has 5 heteroatoms. The first-order valence-corrected chi connectivity index (χ1v) is 5.77. The zero-order chi connectivity index (χ0) is 11.5. The molecule has 0 saturated heterocycles. The summed E-state index contributed by atoms with van der Waals surface area (Å²) in [6.45, 7) is 0.556. The quantitative estimate of drug-likeness (QED) is 0.816. The van der Waals surface area contributed by atoms with Crippen molar-refractivity contribution in [2.45, 2.75) is 6.54 Å². The van der Waals surface area contributed by atoms with E-state index >= 15 is 0 Å². The van der Waals surface area contributed by atoms with Gasteiger partial charge in [-0.05, 0) is 17.7 Å². The van der Waals surface area contributed by atoms with Gasteiger partial charge < -0.3 is 0 Å². The average molecular weight is 300 g/mol. The van der Waals surface area contributed by atoms with E-state index in [0.717, 1.165) is 16.3 Å². The van der Waals surface area contributed by atoms with Crippen molar-refractivity contribution in [2.24, 2.45) is 0 Å². The first-order valence-electron chi connectivity index (χ1n) is 4.60. The Labute approximate surface area is 106 Å². The molecule has 0 unspecified atom stereocenters. The van der Waals surface area contributed by atoms with Crippen LogP contribution in [0.3, 0.4) is 0 Å². The molecule has 0 bridgehead atoms. The molecule has 2 rings (SSSR count). The molecule has 2 aromatic rings. The maximum atomic E-state index is 10.5. The molecule has 1 heterocycles. The minimum absolute atomic E-state index is 0.556. The lowest BCUT2D eigenvalue weighted by molar-refractivity contribution is 0.112. The fourth-order valence-corrected chi connectivity index (χ4v) is 2.08. The second-order valence-electron chi connectivity index (χ2n) is 3.32. The number of aldehydes is 1. The molecule has 0 radical (unpaired) electrons. The number of carbonyl (C=O) groups is 1. The molecule has 0 aliphatic carbocycles. The lowest BCUT2D eigenvalue weighted by atomic mass is 10.2. The van der Waals surface area contributed by atoms with Crippen molar-refractivity contribution in [1.82, 2.24) is 9.78 Å². The van der Waals surface area contributed by atoms with Crippen molar-refractivity contribution >= 4 is 33.8 Å². The Morgan fingerprint density at radius 1 is 1.50 bits per heavy atom. The van der Waals surface area contributed by atoms with E-state index in [2.05, 4.69) is 21.0 Å². The third-order valence-corrected chi connectivity index (χ3v) is 2.98. The number of carbonyl (C=O) groups excluding carboxylic acids is 1. The summed E-state index contributed by atoms with van der Waals surface area (Å²) in [6, 6.07) is 5.68. The van der Waals surface area contributed by atoms with E-state index in [0.29, 0.717) is 17.1 Å². The number of benzene rings is 1. The Bertz CT molecular complexity index is 524. The highest BCUT2D eigenvalue weighted by molar-refractivity contribution is 9.10. The summed E-state index contributed by atoms with van der Waals surface area (Å²) in [5.41, 5.74) is 1.53. The van der Waals surface area contributed by atoms with Crippen LogP contribution in [0, 0.1) is 0 Å². The van der Waals surface area contributed by atoms with Gasteiger partial charge in [0.25, 0.3) is 0 Å². The molecule has 1 aromatic carbocycles. The van der Waals surface area contributed by atoms with Crippen molar-refractivity contribution in [2.75, 3.05) is 0 Å². The molecular weight excluding hydrogens is 291 g/mol. The molecular formula is C11H8BrClN2O. The van der Waals surface area contributed by atoms with Crippen LogP contribution in [0.4, 0.5) is 0 Å². The van der Waals surface area contributed by atoms with Crippen molar-refractivity contribution in [1.29, 1.82) is 0 Å². The van der Waals surface area contributed by atoms with Gasteiger partial charge in [0.15, 0.2) is 6.29 Å². The van der Waals surface area contributed by atoms with Crippen LogP contribution in [0.2, 0.25) is 5.02 Å². The number of rotatable bonds is 3. The van der Waals surface area contributed by atoms with E-state index in [1.807, 2.05) is 18.2 Å². The number of halogens is 2. The third-order valence-electron chi connectivity index (χ3n) is 2.14. The molecule has 0 aliphatic heterocycles. The number of hydrogen-bond donors (Lipinski definition) is 0. The maximum Gasteiger partial charge on any atom is 0.153 e. The summed E-state index contributed by atoms with van der Waals surface area (Å²) in [7, 11) is 0. The molecule has 3 nitrogen and oxygen atoms in total. The van der Waals surface area contributed by atoms with Crippen LogP contribution in [0.5, 0.6) is 0 Å². The normalized spacial score (nSPS) is 10.4. The molecule has 0 saturated carbocycles. The summed E-state index contributed by atoms with van der Waals surface area (Å²) < 4.78 is 2.62. The lowest BCUT2D eigenvalue weighted by Crippen LogP contribution is -2.00. The lowest BCUT2D eigenvalue weighted by Gasteiger charge is -2.04. The second-order valence-corrected chi connectivity index (χ2v) is 4.65. The van der Waals surface area contributed by atoms with Gasteiger partial charge in [-0.2, -0.15) is 5.10 Å². The van der Waals surface area contributed by atoms with Crippen LogP contribution >= 0.6 is 27.5 Å². The van der Waals surface area contributed by atoms with Gasteiger partial charge in [0.2, 0.25) is 0 Å². The molecule has 0 N–H and O–H groups in total. The fourth-order valence-electron chi connectivity index (χ4n) is 1.35. The molecule has 0 atom stereocenters. The largest absolute Gasteiger partial charge is 0.298 e. The first kappa shape index (κ1) is 11.4. The van der Waals surface area contributed by atoms with Gasteiger partial charge in [-0.1, -0.05) is 33.6 Å². The van der Waals surface area contributed by atoms with E-state index in [1.165, 1.54) is 6.20 Å². The highest BCUT2D eigenvalue weighted by atomic mass is 79.9. The third kappa shape index (κ3) is 2.51. The van der Waals surface area contributed by atoms with Gasteiger partial charge in [0.05, 0.1) is 18.3 Å². The second kappa shape index (κ2) is 4.80. The van der Waals surface area contributed by atoms with E-state index in [4.69, 9.17) is 11.6 Å². The Morgan fingerprint density at radius 3 is 2.94 bits per heavy atom. The van der Waals surface area contributed by atoms with Crippen LogP contribution in [0.1, 0.15) is 15.9 Å². The Hall–Kier alpha value is -1.13. The minimum atomic E-state index is 0.556. The standard InChI is InChI=1S/C11H8BrClN2O/c12-10-2-1-9(11(13)3-10)6-15-5-8(7-16)4-14-15/h1-5,7H,6H2. The van der Waals surface area contributed by atoms with Gasteiger partial charge in [-0.15, -0.1) is 0 Å². The van der Waals surface area contributed by atoms with Gasteiger partial charge in [0.1, 0.15) is 0 Å². The summed E-state index contributed by atoms with van der Waals surface area (Å²) in [4.78, 5) is 10.5. The minimum Gasteiger partial charge on any atom is -0.298 e. The summed E-state index contributed by atoms with van der Waals surface area (Å²) >= 11 is 9.42. The average Bonchev–Trinajstić information content (AvgIpc) is 2.70. The Morgan fingerprint density at radius 2 is 2.31 bits per heavy atom. The molecule has 0 aliphatic rings. The SMILES string of the molecule is O=Cc1cnn(Cc2ccc(Br)cc2Cl)c1. The monoisotopic (exact) mass is 298 g/mol. The molecule has 16 heavy (non-hydrogen) atoms. The number of hydrogen-bond acceptors (Lipinski definition) is 2. The van der Waals surface area contributed by atoms with Crippen LogP contribution < -0.4 is 0 Å². The van der Waals surface area contributed by atoms with Crippen LogP contribution in [0.25, 0.3) is 0 Å². The van der Waals surface area contributed by atoms with E-state index in [1.54, 1.807) is 10.9 Å². The molecule has 0 amide bonds. The topological polar surface area (TPSA) is 34.9 Å². The molecule has 0 spiro atoms. The van der Waals surface area contributed by atoms with Crippen LogP contribution in [-0.2, 0) is 6.54 Å². The predicted molar refractivity (Wildman–Crippen MR) is 65.9 cm³/mol. The first-order chi connectivity index (χ1) is 7.69. The van der Waals surface area contributed by atoms with Gasteiger partial charge >= 0.3 is 0 Å². The van der Waals surface area contributed by atoms with Crippen LogP contribution in [-0.4, -0.2) is 16.1 Å². The highest BCUT2D eigenvalue weighted by Crippen LogP contribution is 2.21. The Balaban J connectivity index is 2.23. The van der Waals surface area contributed by atoms with Crippen molar-refractivity contribution < 1.29 is 4.79 Å². The van der Waals surface area contributed by atoms with E-state index in [-0.39, 0.29) is 0 Å². The maximum absolute atomic E-state index is 10.5. The van der Waals surface area contributed by atoms with Crippen molar-refractivity contribution in [3.8, 4) is 0 Å². The molecule has 82 valence electrons. The van der Waals surface area contributed by atoms with Gasteiger partial charge in [-0.25, -0.2) is 0 Å². The summed E-state index contributed by atoms with van der Waals surface area (Å²) in [5, 5.41) is 4.74. The van der Waals surface area contributed by atoms with E-state index in [9.17, 15) is 4.79 Å². The number of nitrogens with zero attached hydrogens (tertiary/aromatic N) is 2. The summed E-state index contributed by atoms with van der Waals surface area (Å²) in [5.74, 6) is 0. The van der Waals surface area contributed by atoms with Crippen LogP contribution in [0.15, 0.2) is 35.1 Å². The smallest absolute Gasteiger partial charge is 0.153 e. The zero-order valence-electron chi connectivity index (χ0n) is 8.23. The zero-order valence-corrected chi connectivity index (χ0v) is 10.6. The fraction of sp³-hybridized carbons (Fsp3) is 0.0909. The van der Waals surface area contributed by atoms with Crippen molar-refractivity contribution in [3.63, 3.8) is 0 Å². The summed E-state index contributed by atoms with van der Waals surface area (Å²) in [6.07, 6.45) is 3.98. The Kier molecular flexibility index (Phi) is 3.41. The number of aromatic nitrogens is 2. The van der Waals surface area contributed by atoms with Crippen molar-refractivity contribution in [3.05, 3.63) is 51.2 Å². The van der Waals surface area contributed by atoms with E-state index < -0.39 is 0 Å². The van der Waals surface area contributed by atoms with Gasteiger partial charge in [-0.3, -0.25) is 9.48 Å². The predicted octanol–water partition coefficient (Wildman–Crippen LogP) is 3.16. The molecule has 0 fully saturated rings. The van der Waals surface area contributed by atoms with Gasteiger partial charge in [0, 0.05) is 15.7 Å². The molecule has 1 aromatic heterocycles.